The highest BCUT2D eigenvalue weighted by molar-refractivity contribution is 6.32. The summed E-state index contributed by atoms with van der Waals surface area (Å²) in [4.78, 5) is 25.0. The second-order valence-corrected chi connectivity index (χ2v) is 8.33. The number of carbonyl (C=O) groups excluding carboxylic acids is 2. The highest BCUT2D eigenvalue weighted by atomic mass is 35.5. The van der Waals surface area contributed by atoms with E-state index >= 15 is 0 Å². The van der Waals surface area contributed by atoms with E-state index in [-0.39, 0.29) is 24.4 Å². The van der Waals surface area contributed by atoms with Gasteiger partial charge in [0.05, 0.1) is 31.5 Å². The molecule has 172 valence electrons. The minimum absolute atomic E-state index is 0.0429. The highest BCUT2D eigenvalue weighted by Gasteiger charge is 2.17. The Balaban J connectivity index is 1.58. The van der Waals surface area contributed by atoms with Gasteiger partial charge in [-0.05, 0) is 49.6 Å². The zero-order valence-electron chi connectivity index (χ0n) is 18.7. The number of aryl methyl sites for hydroxylation is 1. The van der Waals surface area contributed by atoms with Crippen LogP contribution in [0.3, 0.4) is 0 Å². The van der Waals surface area contributed by atoms with Crippen LogP contribution in [0.15, 0.2) is 30.3 Å². The van der Waals surface area contributed by atoms with E-state index in [0.717, 1.165) is 24.1 Å². The van der Waals surface area contributed by atoms with Gasteiger partial charge >= 0.3 is 0 Å². The molecule has 8 heteroatoms. The van der Waals surface area contributed by atoms with Gasteiger partial charge in [-0.25, -0.2) is 0 Å². The summed E-state index contributed by atoms with van der Waals surface area (Å²) >= 11 is 6.16. The van der Waals surface area contributed by atoms with E-state index in [1.807, 2.05) is 19.1 Å². The Morgan fingerprint density at radius 3 is 2.38 bits per heavy atom. The lowest BCUT2D eigenvalue weighted by molar-refractivity contribution is -0.114. The van der Waals surface area contributed by atoms with Crippen molar-refractivity contribution in [2.75, 3.05) is 31.4 Å². The SMILES string of the molecule is COc1cc(OC)c(NC(=O)CNc2ccc(C(=O)NC3CCCCC3)cc2C)cc1Cl. The molecule has 0 bridgehead atoms. The highest BCUT2D eigenvalue weighted by Crippen LogP contribution is 2.35. The molecule has 1 saturated carbocycles. The quantitative estimate of drug-likeness (QED) is 0.528. The maximum absolute atomic E-state index is 12.6. The van der Waals surface area contributed by atoms with E-state index in [4.69, 9.17) is 21.1 Å². The lowest BCUT2D eigenvalue weighted by atomic mass is 9.95. The van der Waals surface area contributed by atoms with Gasteiger partial charge in [0.1, 0.15) is 11.5 Å². The van der Waals surface area contributed by atoms with Gasteiger partial charge in [0.2, 0.25) is 5.91 Å². The van der Waals surface area contributed by atoms with Crippen molar-refractivity contribution in [1.82, 2.24) is 5.32 Å². The summed E-state index contributed by atoms with van der Waals surface area (Å²) in [5.74, 6) is 0.600. The fraction of sp³-hybridized carbons (Fsp3) is 0.417. The van der Waals surface area contributed by atoms with E-state index in [1.165, 1.54) is 33.5 Å². The van der Waals surface area contributed by atoms with Gasteiger partial charge in [-0.3, -0.25) is 9.59 Å². The third-order valence-electron chi connectivity index (χ3n) is 5.62. The molecule has 3 rings (SSSR count). The molecule has 3 N–H and O–H groups in total. The average Bonchev–Trinajstić information content (AvgIpc) is 2.79. The third-order valence-corrected chi connectivity index (χ3v) is 5.91. The van der Waals surface area contributed by atoms with Crippen LogP contribution in [-0.4, -0.2) is 38.6 Å². The number of nitrogens with one attached hydrogen (secondary N) is 3. The number of carbonyl (C=O) groups is 2. The fourth-order valence-corrected chi connectivity index (χ4v) is 4.09. The normalized spacial score (nSPS) is 13.9. The predicted molar refractivity (Wildman–Crippen MR) is 127 cm³/mol. The zero-order valence-corrected chi connectivity index (χ0v) is 19.5. The molecule has 0 aromatic heterocycles. The minimum Gasteiger partial charge on any atom is -0.495 e. The number of amides is 2. The van der Waals surface area contributed by atoms with Crippen molar-refractivity contribution in [3.05, 3.63) is 46.5 Å². The van der Waals surface area contributed by atoms with Gasteiger partial charge in [-0.15, -0.1) is 0 Å². The molecular formula is C24H30ClN3O4. The number of methoxy groups -OCH3 is 2. The Kier molecular flexibility index (Phi) is 8.22. The summed E-state index contributed by atoms with van der Waals surface area (Å²) in [5.41, 5.74) is 2.76. The summed E-state index contributed by atoms with van der Waals surface area (Å²) in [6.45, 7) is 1.95. The van der Waals surface area contributed by atoms with Crippen LogP contribution in [0.5, 0.6) is 11.5 Å². The molecule has 2 aromatic carbocycles. The number of hydrogen-bond donors (Lipinski definition) is 3. The van der Waals surface area contributed by atoms with E-state index in [0.29, 0.717) is 27.8 Å². The van der Waals surface area contributed by atoms with Crippen LogP contribution >= 0.6 is 11.6 Å². The molecule has 0 saturated heterocycles. The zero-order chi connectivity index (χ0) is 23.1. The van der Waals surface area contributed by atoms with Crippen molar-refractivity contribution in [1.29, 1.82) is 0 Å². The predicted octanol–water partition coefficient (Wildman–Crippen LogP) is 4.78. The largest absolute Gasteiger partial charge is 0.495 e. The van der Waals surface area contributed by atoms with Crippen LogP contribution < -0.4 is 25.4 Å². The maximum Gasteiger partial charge on any atom is 0.251 e. The van der Waals surface area contributed by atoms with E-state index in [2.05, 4.69) is 16.0 Å². The minimum atomic E-state index is -0.261. The summed E-state index contributed by atoms with van der Waals surface area (Å²) in [6, 6.07) is 8.90. The van der Waals surface area contributed by atoms with Gasteiger partial charge in [0.15, 0.2) is 0 Å². The van der Waals surface area contributed by atoms with Crippen LogP contribution in [0, 0.1) is 6.92 Å². The van der Waals surface area contributed by atoms with Crippen LogP contribution in [0.4, 0.5) is 11.4 Å². The molecule has 0 heterocycles. The molecule has 7 nitrogen and oxygen atoms in total. The van der Waals surface area contributed by atoms with Crippen molar-refractivity contribution in [3.8, 4) is 11.5 Å². The first-order valence-electron chi connectivity index (χ1n) is 10.8. The first-order valence-corrected chi connectivity index (χ1v) is 11.2. The van der Waals surface area contributed by atoms with Crippen molar-refractivity contribution in [3.63, 3.8) is 0 Å². The van der Waals surface area contributed by atoms with E-state index in [9.17, 15) is 9.59 Å². The van der Waals surface area contributed by atoms with Crippen LogP contribution in [-0.2, 0) is 4.79 Å². The molecule has 1 fully saturated rings. The Bertz CT molecular complexity index is 974. The molecule has 0 aliphatic heterocycles. The molecule has 32 heavy (non-hydrogen) atoms. The fourth-order valence-electron chi connectivity index (χ4n) is 3.85. The second kappa shape index (κ2) is 11.1. The number of halogens is 1. The smallest absolute Gasteiger partial charge is 0.251 e. The molecule has 0 unspecified atom stereocenters. The monoisotopic (exact) mass is 459 g/mol. The first-order chi connectivity index (χ1) is 15.4. The number of ether oxygens (including phenoxy) is 2. The molecule has 1 aliphatic carbocycles. The summed E-state index contributed by atoms with van der Waals surface area (Å²) in [7, 11) is 3.02. The van der Waals surface area contributed by atoms with Gasteiger partial charge < -0.3 is 25.4 Å². The molecule has 0 spiro atoms. The van der Waals surface area contributed by atoms with Crippen molar-refractivity contribution < 1.29 is 19.1 Å². The summed E-state index contributed by atoms with van der Waals surface area (Å²) in [6.07, 6.45) is 5.68. The van der Waals surface area contributed by atoms with Crippen LogP contribution in [0.25, 0.3) is 0 Å². The molecule has 0 atom stereocenters. The Hall–Kier alpha value is -2.93. The summed E-state index contributed by atoms with van der Waals surface area (Å²) < 4.78 is 10.5. The second-order valence-electron chi connectivity index (χ2n) is 7.93. The topological polar surface area (TPSA) is 88.7 Å². The molecule has 2 amide bonds. The van der Waals surface area contributed by atoms with Crippen LogP contribution in [0.1, 0.15) is 48.0 Å². The van der Waals surface area contributed by atoms with Crippen LogP contribution in [0.2, 0.25) is 5.02 Å². The Morgan fingerprint density at radius 2 is 1.72 bits per heavy atom. The van der Waals surface area contributed by atoms with Gasteiger partial charge in [-0.1, -0.05) is 30.9 Å². The molecular weight excluding hydrogens is 430 g/mol. The Morgan fingerprint density at radius 1 is 1.00 bits per heavy atom. The maximum atomic E-state index is 12.6. The third kappa shape index (κ3) is 6.07. The van der Waals surface area contributed by atoms with E-state index < -0.39 is 0 Å². The molecule has 2 aromatic rings. The molecule has 1 aliphatic rings. The number of rotatable bonds is 8. The lowest BCUT2D eigenvalue weighted by Gasteiger charge is -2.23. The first kappa shape index (κ1) is 23.7. The standard InChI is InChI=1S/C24H30ClN3O4/c1-15-11-16(24(30)27-17-7-5-4-6-8-17)9-10-19(15)26-14-23(29)28-20-12-18(25)21(31-2)13-22(20)32-3/h9-13,17,26H,4-8,14H2,1-3H3,(H,27,30)(H,28,29). The van der Waals surface area contributed by atoms with E-state index in [1.54, 1.807) is 18.2 Å². The van der Waals surface area contributed by atoms with Gasteiger partial charge in [0, 0.05) is 23.4 Å². The van der Waals surface area contributed by atoms with Crippen molar-refractivity contribution >= 4 is 34.8 Å². The van der Waals surface area contributed by atoms with Gasteiger partial charge in [-0.2, -0.15) is 0 Å². The van der Waals surface area contributed by atoms with Gasteiger partial charge in [0.25, 0.3) is 5.91 Å². The number of benzene rings is 2. The Labute approximate surface area is 193 Å². The average molecular weight is 460 g/mol. The number of anilines is 2. The van der Waals surface area contributed by atoms with Crippen molar-refractivity contribution in [2.24, 2.45) is 0 Å². The van der Waals surface area contributed by atoms with Crippen molar-refractivity contribution in [2.45, 2.75) is 45.1 Å². The number of hydrogen-bond acceptors (Lipinski definition) is 5. The molecule has 0 radical (unpaired) electrons. The lowest BCUT2D eigenvalue weighted by Crippen LogP contribution is -2.36. The summed E-state index contributed by atoms with van der Waals surface area (Å²) in [5, 5.41) is 9.40.